The smallest absolute Gasteiger partial charge is 0.408 e. The predicted octanol–water partition coefficient (Wildman–Crippen LogP) is 5.85. The van der Waals surface area contributed by atoms with Gasteiger partial charge in [-0.25, -0.2) is 9.59 Å². The van der Waals surface area contributed by atoms with Crippen molar-refractivity contribution in [2.24, 2.45) is 0 Å². The van der Waals surface area contributed by atoms with Gasteiger partial charge in [-0.1, -0.05) is 64.4 Å². The van der Waals surface area contributed by atoms with Gasteiger partial charge < -0.3 is 19.5 Å². The number of methoxy groups -OCH3 is 1. The van der Waals surface area contributed by atoms with E-state index in [0.717, 1.165) is 19.3 Å². The summed E-state index contributed by atoms with van der Waals surface area (Å²) in [5.41, 5.74) is -0.218. The second-order valence-electron chi connectivity index (χ2n) is 9.02. The van der Waals surface area contributed by atoms with Crippen LogP contribution in [0, 0.1) is 0 Å². The Morgan fingerprint density at radius 1 is 0.906 bits per heavy atom. The Morgan fingerprint density at radius 3 is 1.97 bits per heavy atom. The van der Waals surface area contributed by atoms with Crippen LogP contribution in [0.15, 0.2) is 11.6 Å². The van der Waals surface area contributed by atoms with Crippen LogP contribution < -0.4 is 5.32 Å². The molecule has 0 aliphatic heterocycles. The van der Waals surface area contributed by atoms with Crippen molar-refractivity contribution in [3.8, 4) is 0 Å². The Kier molecular flexibility index (Phi) is 16.4. The third-order valence-electron chi connectivity index (χ3n) is 4.81. The van der Waals surface area contributed by atoms with Gasteiger partial charge in [-0.15, -0.1) is 0 Å². The Labute approximate surface area is 194 Å². The van der Waals surface area contributed by atoms with Crippen molar-refractivity contribution in [2.75, 3.05) is 13.7 Å². The maximum atomic E-state index is 12.5. The number of ether oxygens (including phenoxy) is 3. The number of alkyl carbamates (subject to hydrolysis) is 1. The van der Waals surface area contributed by atoms with Crippen LogP contribution in [0.2, 0.25) is 0 Å². The van der Waals surface area contributed by atoms with Crippen LogP contribution in [-0.4, -0.2) is 43.4 Å². The largest absolute Gasteiger partial charge is 0.469 e. The number of hydrogen-bond donors (Lipinski definition) is 1. The highest BCUT2D eigenvalue weighted by Crippen LogP contribution is 2.16. The number of amides is 1. The molecule has 1 atom stereocenters. The van der Waals surface area contributed by atoms with E-state index >= 15 is 0 Å². The van der Waals surface area contributed by atoms with Crippen molar-refractivity contribution >= 4 is 18.0 Å². The van der Waals surface area contributed by atoms with Crippen LogP contribution in [0.25, 0.3) is 0 Å². The number of hydrogen-bond acceptors (Lipinski definition) is 6. The second kappa shape index (κ2) is 17.5. The van der Waals surface area contributed by atoms with Gasteiger partial charge in [-0.3, -0.25) is 4.79 Å². The Balaban J connectivity index is 4.98. The van der Waals surface area contributed by atoms with Crippen molar-refractivity contribution < 1.29 is 28.6 Å². The maximum absolute atomic E-state index is 12.5. The minimum absolute atomic E-state index is 0.101. The Morgan fingerprint density at radius 2 is 1.47 bits per heavy atom. The summed E-state index contributed by atoms with van der Waals surface area (Å²) >= 11 is 0. The molecule has 0 spiro atoms. The molecule has 32 heavy (non-hydrogen) atoms. The first kappa shape index (κ1) is 29.9. The molecule has 0 aromatic rings. The molecule has 0 aliphatic carbocycles. The summed E-state index contributed by atoms with van der Waals surface area (Å²) in [6.07, 6.45) is 12.0. The first-order valence-electron chi connectivity index (χ1n) is 12.1. The zero-order chi connectivity index (χ0) is 24.4. The molecule has 0 fully saturated rings. The summed E-state index contributed by atoms with van der Waals surface area (Å²) in [5, 5.41) is 2.66. The molecule has 0 bridgehead atoms. The predicted molar refractivity (Wildman–Crippen MR) is 126 cm³/mol. The zero-order valence-electron chi connectivity index (χ0n) is 21.1. The number of carbonyl (C=O) groups excluding carboxylic acids is 3. The third-order valence-corrected chi connectivity index (χ3v) is 4.81. The van der Waals surface area contributed by atoms with Gasteiger partial charge in [-0.05, 0) is 40.5 Å². The number of nitrogens with one attached hydrogen (secondary N) is 1. The van der Waals surface area contributed by atoms with E-state index in [1.54, 1.807) is 33.8 Å². The number of rotatable bonds is 16. The SMILES string of the molecule is CCCCCCCCCCC/C(=C\[C@@H](CC(=O)OC)NC(=O)OC(C)(C)C)C(=O)OCC. The van der Waals surface area contributed by atoms with Gasteiger partial charge >= 0.3 is 18.0 Å². The highest BCUT2D eigenvalue weighted by atomic mass is 16.6. The molecule has 0 aliphatic rings. The summed E-state index contributed by atoms with van der Waals surface area (Å²) < 4.78 is 15.2. The summed E-state index contributed by atoms with van der Waals surface area (Å²) in [5.74, 6) is -0.915. The zero-order valence-corrected chi connectivity index (χ0v) is 21.1. The molecule has 0 saturated carbocycles. The fourth-order valence-electron chi connectivity index (χ4n) is 3.22. The van der Waals surface area contributed by atoms with Gasteiger partial charge in [0.1, 0.15) is 5.60 Å². The molecule has 0 heterocycles. The van der Waals surface area contributed by atoms with E-state index in [4.69, 9.17) is 14.2 Å². The van der Waals surface area contributed by atoms with Crippen LogP contribution in [0.1, 0.15) is 105 Å². The lowest BCUT2D eigenvalue weighted by Gasteiger charge is -2.22. The molecular formula is C25H45NO6. The maximum Gasteiger partial charge on any atom is 0.408 e. The van der Waals surface area contributed by atoms with Crippen molar-refractivity contribution in [1.82, 2.24) is 5.32 Å². The number of carbonyl (C=O) groups is 3. The van der Waals surface area contributed by atoms with E-state index in [1.807, 2.05) is 0 Å². The summed E-state index contributed by atoms with van der Waals surface area (Å²) in [6.45, 7) is 9.49. The first-order valence-corrected chi connectivity index (χ1v) is 12.1. The van der Waals surface area contributed by atoms with Gasteiger partial charge in [0, 0.05) is 5.57 Å². The van der Waals surface area contributed by atoms with Gasteiger partial charge in [0.15, 0.2) is 0 Å². The molecule has 0 rings (SSSR count). The average Bonchev–Trinajstić information content (AvgIpc) is 2.70. The third kappa shape index (κ3) is 16.6. The standard InChI is InChI=1S/C25H45NO6/c1-7-9-10-11-12-13-14-15-16-17-20(23(28)31-8-2)18-21(19-22(27)30-6)26-24(29)32-25(3,4)5/h18,21H,7-17,19H2,1-6H3,(H,26,29)/b20-18+/t21-/m0/s1. The summed E-state index contributed by atoms with van der Waals surface area (Å²) in [4.78, 5) is 36.5. The molecule has 0 aromatic carbocycles. The normalized spacial score (nSPS) is 12.8. The second-order valence-corrected chi connectivity index (χ2v) is 9.02. The van der Waals surface area contributed by atoms with E-state index in [9.17, 15) is 14.4 Å². The molecular weight excluding hydrogens is 410 g/mol. The highest BCUT2D eigenvalue weighted by Gasteiger charge is 2.22. The molecule has 0 aromatic heterocycles. The minimum atomic E-state index is -0.727. The Bertz CT molecular complexity index is 579. The lowest BCUT2D eigenvalue weighted by atomic mass is 10.0. The highest BCUT2D eigenvalue weighted by molar-refractivity contribution is 5.88. The minimum Gasteiger partial charge on any atom is -0.469 e. The molecule has 0 saturated heterocycles. The topological polar surface area (TPSA) is 90.9 Å². The van der Waals surface area contributed by atoms with Gasteiger partial charge in [0.25, 0.3) is 0 Å². The summed E-state index contributed by atoms with van der Waals surface area (Å²) in [6, 6.07) is -0.727. The van der Waals surface area contributed by atoms with E-state index in [2.05, 4.69) is 12.2 Å². The number of unbranched alkanes of at least 4 members (excludes halogenated alkanes) is 8. The number of esters is 2. The molecule has 0 unspecified atom stereocenters. The molecule has 7 nitrogen and oxygen atoms in total. The lowest BCUT2D eigenvalue weighted by molar-refractivity contribution is -0.141. The van der Waals surface area contributed by atoms with Crippen LogP contribution >= 0.6 is 0 Å². The van der Waals surface area contributed by atoms with Gasteiger partial charge in [0.2, 0.25) is 0 Å². The van der Waals surface area contributed by atoms with Crippen molar-refractivity contribution in [2.45, 2.75) is 117 Å². The van der Waals surface area contributed by atoms with E-state index in [-0.39, 0.29) is 13.0 Å². The van der Waals surface area contributed by atoms with Crippen molar-refractivity contribution in [3.05, 3.63) is 11.6 Å². The molecule has 186 valence electrons. The Hall–Kier alpha value is -2.05. The van der Waals surface area contributed by atoms with Crippen molar-refractivity contribution in [1.29, 1.82) is 0 Å². The molecule has 1 amide bonds. The molecule has 1 N–H and O–H groups in total. The van der Waals surface area contributed by atoms with E-state index < -0.39 is 29.7 Å². The van der Waals surface area contributed by atoms with Crippen LogP contribution in [-0.2, 0) is 23.8 Å². The molecule has 7 heteroatoms. The monoisotopic (exact) mass is 455 g/mol. The van der Waals surface area contributed by atoms with E-state index in [0.29, 0.717) is 12.0 Å². The van der Waals surface area contributed by atoms with Crippen LogP contribution in [0.4, 0.5) is 4.79 Å². The molecule has 0 radical (unpaired) electrons. The fourth-order valence-corrected chi connectivity index (χ4v) is 3.22. The fraction of sp³-hybridized carbons (Fsp3) is 0.800. The summed E-state index contributed by atoms with van der Waals surface area (Å²) in [7, 11) is 1.28. The van der Waals surface area contributed by atoms with Crippen LogP contribution in [0.3, 0.4) is 0 Å². The van der Waals surface area contributed by atoms with Crippen LogP contribution in [0.5, 0.6) is 0 Å². The van der Waals surface area contributed by atoms with Gasteiger partial charge in [-0.2, -0.15) is 0 Å². The van der Waals surface area contributed by atoms with Crippen molar-refractivity contribution in [3.63, 3.8) is 0 Å². The quantitative estimate of drug-likeness (QED) is 0.136. The van der Waals surface area contributed by atoms with E-state index in [1.165, 1.54) is 45.6 Å². The average molecular weight is 456 g/mol. The first-order chi connectivity index (χ1) is 15.1. The lowest BCUT2D eigenvalue weighted by Crippen LogP contribution is -2.39. The van der Waals surface area contributed by atoms with Gasteiger partial charge in [0.05, 0.1) is 26.2 Å².